The molecule has 0 aromatic carbocycles. The van der Waals surface area contributed by atoms with Crippen LogP contribution in [0.15, 0.2) is 12.4 Å². The highest BCUT2D eigenvalue weighted by Crippen LogP contribution is 2.26. The minimum absolute atomic E-state index is 0.107. The van der Waals surface area contributed by atoms with Crippen LogP contribution >= 0.6 is 0 Å². The number of ketones is 1. The van der Waals surface area contributed by atoms with Crippen molar-refractivity contribution in [3.8, 4) is 0 Å². The Kier molecular flexibility index (Phi) is 2.53. The average Bonchev–Trinajstić information content (AvgIpc) is 2.84. The van der Waals surface area contributed by atoms with Crippen LogP contribution in [0, 0.1) is 0 Å². The van der Waals surface area contributed by atoms with E-state index in [9.17, 15) is 9.59 Å². The summed E-state index contributed by atoms with van der Waals surface area (Å²) in [5.41, 5.74) is 0.428. The van der Waals surface area contributed by atoms with Gasteiger partial charge in [0.15, 0.2) is 0 Å². The number of nitrogens with zero attached hydrogens (tertiary/aromatic N) is 2. The molecule has 0 aliphatic heterocycles. The van der Waals surface area contributed by atoms with Crippen molar-refractivity contribution in [3.63, 3.8) is 0 Å². The van der Waals surface area contributed by atoms with Crippen LogP contribution in [-0.2, 0) is 9.53 Å². The molecule has 5 nitrogen and oxygen atoms in total. The van der Waals surface area contributed by atoms with Gasteiger partial charge in [-0.2, -0.15) is 5.10 Å². The number of hydrogen-bond donors (Lipinski definition) is 0. The lowest BCUT2D eigenvalue weighted by atomic mass is 10.2. The molecule has 0 bridgehead atoms. The number of ether oxygens (including phenoxy) is 1. The van der Waals surface area contributed by atoms with Gasteiger partial charge in [0, 0.05) is 19.0 Å². The predicted molar refractivity (Wildman–Crippen MR) is 51.5 cm³/mol. The smallest absolute Gasteiger partial charge is 0.341 e. The normalized spacial score (nSPS) is 20.6. The number of hydrogen-bond acceptors (Lipinski definition) is 4. The first-order chi connectivity index (χ1) is 7.20. The lowest BCUT2D eigenvalue weighted by molar-refractivity contribution is -0.117. The summed E-state index contributed by atoms with van der Waals surface area (Å²) >= 11 is 0. The van der Waals surface area contributed by atoms with E-state index in [0.29, 0.717) is 18.4 Å². The van der Waals surface area contributed by atoms with Crippen LogP contribution in [0.1, 0.15) is 35.7 Å². The zero-order valence-corrected chi connectivity index (χ0v) is 8.47. The Morgan fingerprint density at radius 3 is 3.07 bits per heavy atom. The van der Waals surface area contributed by atoms with Gasteiger partial charge in [-0.1, -0.05) is 0 Å². The number of esters is 1. The van der Waals surface area contributed by atoms with Gasteiger partial charge >= 0.3 is 5.97 Å². The summed E-state index contributed by atoms with van der Waals surface area (Å²) in [5.74, 6) is -0.138. The Labute approximate surface area is 87.0 Å². The molecule has 1 fully saturated rings. The van der Waals surface area contributed by atoms with Gasteiger partial charge in [-0.05, 0) is 6.42 Å². The Balaban J connectivity index is 2.13. The fourth-order valence-electron chi connectivity index (χ4n) is 1.78. The summed E-state index contributed by atoms with van der Waals surface area (Å²) in [6.07, 6.45) is 5.03. The zero-order chi connectivity index (χ0) is 10.8. The third-order valence-electron chi connectivity index (χ3n) is 2.62. The Morgan fingerprint density at radius 2 is 2.47 bits per heavy atom. The molecule has 1 heterocycles. The third kappa shape index (κ3) is 1.91. The van der Waals surface area contributed by atoms with E-state index in [1.165, 1.54) is 13.3 Å². The van der Waals surface area contributed by atoms with Crippen molar-refractivity contribution in [2.45, 2.75) is 25.3 Å². The largest absolute Gasteiger partial charge is 0.465 e. The van der Waals surface area contributed by atoms with E-state index >= 15 is 0 Å². The lowest BCUT2D eigenvalue weighted by Crippen LogP contribution is -2.06. The minimum atomic E-state index is -0.398. The molecule has 1 aliphatic rings. The van der Waals surface area contributed by atoms with Gasteiger partial charge in [0.25, 0.3) is 0 Å². The standard InChI is InChI=1S/C10H12N2O3/c1-15-10(14)7-5-11-12(6-7)8-2-3-9(13)4-8/h5-6,8H,2-4H2,1H3. The average molecular weight is 208 g/mol. The van der Waals surface area contributed by atoms with Crippen molar-refractivity contribution in [2.24, 2.45) is 0 Å². The van der Waals surface area contributed by atoms with Gasteiger partial charge in [-0.25, -0.2) is 4.79 Å². The number of carbonyl (C=O) groups excluding carboxylic acids is 2. The first-order valence-corrected chi connectivity index (χ1v) is 4.85. The molecule has 15 heavy (non-hydrogen) atoms. The molecule has 5 heteroatoms. The summed E-state index contributed by atoms with van der Waals surface area (Å²) in [4.78, 5) is 22.3. The molecular formula is C10H12N2O3. The van der Waals surface area contributed by atoms with E-state index in [0.717, 1.165) is 6.42 Å². The van der Waals surface area contributed by atoms with Gasteiger partial charge in [-0.3, -0.25) is 9.48 Å². The summed E-state index contributed by atoms with van der Waals surface area (Å²) in [6.45, 7) is 0. The maximum atomic E-state index is 11.2. The van der Waals surface area contributed by atoms with Crippen LogP contribution in [0.3, 0.4) is 0 Å². The van der Waals surface area contributed by atoms with Crippen molar-refractivity contribution >= 4 is 11.8 Å². The van der Waals surface area contributed by atoms with Crippen LogP contribution in [-0.4, -0.2) is 28.6 Å². The van der Waals surface area contributed by atoms with E-state index in [1.807, 2.05) is 0 Å². The summed E-state index contributed by atoms with van der Waals surface area (Å²) in [7, 11) is 1.33. The molecule has 0 N–H and O–H groups in total. The van der Waals surface area contributed by atoms with Gasteiger partial charge < -0.3 is 4.74 Å². The van der Waals surface area contributed by atoms with Gasteiger partial charge in [0.1, 0.15) is 5.78 Å². The van der Waals surface area contributed by atoms with Gasteiger partial charge in [-0.15, -0.1) is 0 Å². The maximum Gasteiger partial charge on any atom is 0.341 e. The van der Waals surface area contributed by atoms with E-state index in [1.54, 1.807) is 10.9 Å². The van der Waals surface area contributed by atoms with Crippen molar-refractivity contribution < 1.29 is 14.3 Å². The highest BCUT2D eigenvalue weighted by Gasteiger charge is 2.24. The topological polar surface area (TPSA) is 61.2 Å². The molecule has 1 atom stereocenters. The number of methoxy groups -OCH3 is 1. The first kappa shape index (κ1) is 9.89. The van der Waals surface area contributed by atoms with Crippen LogP contribution in [0.25, 0.3) is 0 Å². The number of Topliss-reactive ketones (excluding diaryl/α,β-unsaturated/α-hetero) is 1. The number of rotatable bonds is 2. The second-order valence-corrected chi connectivity index (χ2v) is 3.64. The summed E-state index contributed by atoms with van der Waals surface area (Å²) in [6, 6.07) is 0.107. The van der Waals surface area contributed by atoms with Crippen molar-refractivity contribution in [1.82, 2.24) is 9.78 Å². The van der Waals surface area contributed by atoms with Crippen LogP contribution in [0.4, 0.5) is 0 Å². The van der Waals surface area contributed by atoms with Crippen LogP contribution in [0.2, 0.25) is 0 Å². The molecule has 0 amide bonds. The third-order valence-corrected chi connectivity index (χ3v) is 2.62. The van der Waals surface area contributed by atoms with Crippen LogP contribution in [0.5, 0.6) is 0 Å². The Hall–Kier alpha value is -1.65. The second kappa shape index (κ2) is 3.84. The minimum Gasteiger partial charge on any atom is -0.465 e. The van der Waals surface area contributed by atoms with E-state index < -0.39 is 5.97 Å². The van der Waals surface area contributed by atoms with Crippen molar-refractivity contribution in [2.75, 3.05) is 7.11 Å². The number of carbonyl (C=O) groups is 2. The molecule has 1 unspecified atom stereocenters. The Morgan fingerprint density at radius 1 is 1.67 bits per heavy atom. The molecule has 1 saturated carbocycles. The molecule has 80 valence electrons. The molecule has 2 rings (SSSR count). The molecule has 1 aliphatic carbocycles. The van der Waals surface area contributed by atoms with Crippen molar-refractivity contribution in [3.05, 3.63) is 18.0 Å². The van der Waals surface area contributed by atoms with Gasteiger partial charge in [0.05, 0.1) is 24.9 Å². The maximum absolute atomic E-state index is 11.2. The second-order valence-electron chi connectivity index (χ2n) is 3.64. The summed E-state index contributed by atoms with van der Waals surface area (Å²) in [5, 5.41) is 4.07. The van der Waals surface area contributed by atoms with E-state index in [2.05, 4.69) is 9.84 Å². The molecule has 1 aromatic rings. The lowest BCUT2D eigenvalue weighted by Gasteiger charge is -2.07. The van der Waals surface area contributed by atoms with Gasteiger partial charge in [0.2, 0.25) is 0 Å². The highest BCUT2D eigenvalue weighted by atomic mass is 16.5. The Bertz CT molecular complexity index is 397. The van der Waals surface area contributed by atoms with Crippen molar-refractivity contribution in [1.29, 1.82) is 0 Å². The predicted octanol–water partition coefficient (Wildman–Crippen LogP) is 0.964. The fourth-order valence-corrected chi connectivity index (χ4v) is 1.78. The SMILES string of the molecule is COC(=O)c1cnn(C2CCC(=O)C2)c1. The van der Waals surface area contributed by atoms with Crippen LogP contribution < -0.4 is 0 Å². The van der Waals surface area contributed by atoms with E-state index in [-0.39, 0.29) is 11.8 Å². The molecule has 1 aromatic heterocycles. The molecular weight excluding hydrogens is 196 g/mol. The highest BCUT2D eigenvalue weighted by molar-refractivity contribution is 5.88. The fraction of sp³-hybridized carbons (Fsp3) is 0.500. The zero-order valence-electron chi connectivity index (χ0n) is 8.47. The first-order valence-electron chi connectivity index (χ1n) is 4.85. The molecule has 0 radical (unpaired) electrons. The monoisotopic (exact) mass is 208 g/mol. The quantitative estimate of drug-likeness (QED) is 0.679. The summed E-state index contributed by atoms with van der Waals surface area (Å²) < 4.78 is 6.25. The van der Waals surface area contributed by atoms with E-state index in [4.69, 9.17) is 0 Å². The molecule has 0 saturated heterocycles. The number of aromatic nitrogens is 2. The molecule has 0 spiro atoms.